The Morgan fingerprint density at radius 1 is 1.38 bits per heavy atom. The highest BCUT2D eigenvalue weighted by atomic mass is 32.2. The summed E-state index contributed by atoms with van der Waals surface area (Å²) in [5, 5.41) is 12.1. The average Bonchev–Trinajstić information content (AvgIpc) is 2.51. The van der Waals surface area contributed by atoms with Crippen LogP contribution in [0.3, 0.4) is 0 Å². The number of carbonyl (C=O) groups is 1. The van der Waals surface area contributed by atoms with E-state index in [-0.39, 0.29) is 23.7 Å². The molecular formula is C16H24FNO2S. The van der Waals surface area contributed by atoms with Gasteiger partial charge in [0.25, 0.3) is 5.91 Å². The summed E-state index contributed by atoms with van der Waals surface area (Å²) in [6.45, 7) is 4.76. The van der Waals surface area contributed by atoms with Gasteiger partial charge in [0.1, 0.15) is 5.82 Å². The van der Waals surface area contributed by atoms with Crippen LogP contribution < -0.4 is 5.32 Å². The summed E-state index contributed by atoms with van der Waals surface area (Å²) < 4.78 is 13.4. The molecule has 0 aromatic heterocycles. The third-order valence-corrected chi connectivity index (χ3v) is 4.93. The Bertz CT molecular complexity index is 475. The predicted octanol–water partition coefficient (Wildman–Crippen LogP) is 3.47. The quantitative estimate of drug-likeness (QED) is 0.723. The molecule has 3 nitrogen and oxygen atoms in total. The van der Waals surface area contributed by atoms with E-state index in [0.717, 1.165) is 12.8 Å². The van der Waals surface area contributed by atoms with Crippen LogP contribution in [0.2, 0.25) is 0 Å². The highest BCUT2D eigenvalue weighted by Crippen LogP contribution is 2.29. The Hall–Kier alpha value is -1.07. The first-order chi connectivity index (χ1) is 10.0. The summed E-state index contributed by atoms with van der Waals surface area (Å²) in [5.74, 6) is -0.509. The van der Waals surface area contributed by atoms with Crippen molar-refractivity contribution in [3.8, 4) is 0 Å². The molecular weight excluding hydrogens is 289 g/mol. The standard InChI is InChI=1S/C16H24FNO2S/c1-4-16(5-2,8-9-19)11-18-15(20)12-6-7-13(17)14(10-12)21-3/h6-7,10,19H,4-5,8-9,11H2,1-3H3,(H,18,20). The molecule has 2 N–H and O–H groups in total. The van der Waals surface area contributed by atoms with E-state index in [4.69, 9.17) is 0 Å². The molecule has 0 aliphatic rings. The summed E-state index contributed by atoms with van der Waals surface area (Å²) in [6, 6.07) is 4.39. The van der Waals surface area contributed by atoms with Gasteiger partial charge >= 0.3 is 0 Å². The van der Waals surface area contributed by atoms with Gasteiger partial charge < -0.3 is 10.4 Å². The number of aliphatic hydroxyl groups is 1. The smallest absolute Gasteiger partial charge is 0.251 e. The Morgan fingerprint density at radius 3 is 2.57 bits per heavy atom. The lowest BCUT2D eigenvalue weighted by molar-refractivity contribution is 0.0907. The van der Waals surface area contributed by atoms with E-state index < -0.39 is 0 Å². The second-order valence-electron chi connectivity index (χ2n) is 5.21. The summed E-state index contributed by atoms with van der Waals surface area (Å²) in [7, 11) is 0. The number of hydrogen-bond acceptors (Lipinski definition) is 3. The first-order valence-electron chi connectivity index (χ1n) is 7.24. The number of hydrogen-bond donors (Lipinski definition) is 2. The molecule has 0 aliphatic carbocycles. The maximum absolute atomic E-state index is 13.4. The molecule has 0 saturated carbocycles. The van der Waals surface area contributed by atoms with E-state index in [0.29, 0.717) is 23.4 Å². The molecule has 21 heavy (non-hydrogen) atoms. The topological polar surface area (TPSA) is 49.3 Å². The molecule has 0 heterocycles. The molecule has 1 aromatic carbocycles. The normalized spacial score (nSPS) is 11.5. The zero-order valence-electron chi connectivity index (χ0n) is 12.9. The van der Waals surface area contributed by atoms with Crippen LogP contribution in [0.15, 0.2) is 23.1 Å². The van der Waals surface area contributed by atoms with Crippen LogP contribution in [0.4, 0.5) is 4.39 Å². The van der Waals surface area contributed by atoms with E-state index in [1.807, 2.05) is 0 Å². The summed E-state index contributed by atoms with van der Waals surface area (Å²) in [6.07, 6.45) is 4.23. The van der Waals surface area contributed by atoms with Crippen molar-refractivity contribution in [2.45, 2.75) is 38.0 Å². The number of amides is 1. The number of thioether (sulfide) groups is 1. The molecule has 1 rings (SSSR count). The second kappa shape index (κ2) is 8.39. The van der Waals surface area contributed by atoms with E-state index >= 15 is 0 Å². The van der Waals surface area contributed by atoms with Gasteiger partial charge in [-0.15, -0.1) is 11.8 Å². The van der Waals surface area contributed by atoms with E-state index in [1.165, 1.54) is 23.9 Å². The molecule has 0 fully saturated rings. The van der Waals surface area contributed by atoms with Crippen LogP contribution in [0, 0.1) is 11.2 Å². The average molecular weight is 313 g/mol. The van der Waals surface area contributed by atoms with E-state index in [2.05, 4.69) is 19.2 Å². The molecule has 5 heteroatoms. The van der Waals surface area contributed by atoms with Crippen LogP contribution in [-0.4, -0.2) is 30.4 Å². The van der Waals surface area contributed by atoms with Crippen molar-refractivity contribution >= 4 is 17.7 Å². The molecule has 0 radical (unpaired) electrons. The van der Waals surface area contributed by atoms with Crippen LogP contribution in [-0.2, 0) is 0 Å². The first kappa shape index (κ1) is 18.0. The summed E-state index contributed by atoms with van der Waals surface area (Å²) >= 11 is 1.28. The molecule has 0 aliphatic heterocycles. The monoisotopic (exact) mass is 313 g/mol. The van der Waals surface area contributed by atoms with Gasteiger partial charge in [-0.05, 0) is 49.1 Å². The Morgan fingerprint density at radius 2 is 2.05 bits per heavy atom. The fraction of sp³-hybridized carbons (Fsp3) is 0.562. The molecule has 0 unspecified atom stereocenters. The minimum absolute atomic E-state index is 0.0766. The molecule has 0 spiro atoms. The number of rotatable bonds is 8. The zero-order chi connectivity index (χ0) is 15.9. The fourth-order valence-electron chi connectivity index (χ4n) is 2.35. The van der Waals surface area contributed by atoms with E-state index in [1.54, 1.807) is 12.3 Å². The number of carbonyl (C=O) groups excluding carboxylic acids is 1. The van der Waals surface area contributed by atoms with Crippen LogP contribution in [0.25, 0.3) is 0 Å². The van der Waals surface area contributed by atoms with Gasteiger partial charge in [-0.3, -0.25) is 4.79 Å². The minimum atomic E-state index is -0.309. The maximum atomic E-state index is 13.4. The molecule has 0 atom stereocenters. The lowest BCUT2D eigenvalue weighted by Crippen LogP contribution is -2.37. The largest absolute Gasteiger partial charge is 0.396 e. The number of nitrogens with one attached hydrogen (secondary N) is 1. The van der Waals surface area contributed by atoms with Gasteiger partial charge in [0.2, 0.25) is 0 Å². The van der Waals surface area contributed by atoms with Crippen molar-refractivity contribution in [3.05, 3.63) is 29.6 Å². The summed E-state index contributed by atoms with van der Waals surface area (Å²) in [4.78, 5) is 12.7. The SMILES string of the molecule is CCC(CC)(CCO)CNC(=O)c1ccc(F)c(SC)c1. The molecule has 0 saturated heterocycles. The van der Waals surface area contributed by atoms with Crippen molar-refractivity contribution in [3.63, 3.8) is 0 Å². The number of benzene rings is 1. The predicted molar refractivity (Wildman–Crippen MR) is 85.2 cm³/mol. The highest BCUT2D eigenvalue weighted by molar-refractivity contribution is 7.98. The van der Waals surface area contributed by atoms with Crippen LogP contribution >= 0.6 is 11.8 Å². The van der Waals surface area contributed by atoms with Gasteiger partial charge in [0, 0.05) is 23.6 Å². The fourth-order valence-corrected chi connectivity index (χ4v) is 2.86. The van der Waals surface area contributed by atoms with Gasteiger partial charge in [-0.25, -0.2) is 4.39 Å². The van der Waals surface area contributed by atoms with Crippen molar-refractivity contribution in [1.29, 1.82) is 0 Å². The third kappa shape index (κ3) is 4.71. The lowest BCUT2D eigenvalue weighted by Gasteiger charge is -2.31. The van der Waals surface area contributed by atoms with Crippen molar-refractivity contribution < 1.29 is 14.3 Å². The number of aliphatic hydroxyl groups excluding tert-OH is 1. The van der Waals surface area contributed by atoms with Crippen molar-refractivity contribution in [1.82, 2.24) is 5.32 Å². The Balaban J connectivity index is 2.76. The Labute approximate surface area is 130 Å². The highest BCUT2D eigenvalue weighted by Gasteiger charge is 2.26. The van der Waals surface area contributed by atoms with Crippen LogP contribution in [0.1, 0.15) is 43.5 Å². The Kier molecular flexibility index (Phi) is 7.18. The number of halogens is 1. The molecule has 118 valence electrons. The van der Waals surface area contributed by atoms with Gasteiger partial charge in [-0.1, -0.05) is 13.8 Å². The van der Waals surface area contributed by atoms with Crippen LogP contribution in [0.5, 0.6) is 0 Å². The molecule has 1 amide bonds. The van der Waals surface area contributed by atoms with Crippen molar-refractivity contribution in [2.75, 3.05) is 19.4 Å². The molecule has 0 bridgehead atoms. The first-order valence-corrected chi connectivity index (χ1v) is 8.47. The maximum Gasteiger partial charge on any atom is 0.251 e. The van der Waals surface area contributed by atoms with Gasteiger partial charge in [-0.2, -0.15) is 0 Å². The second-order valence-corrected chi connectivity index (χ2v) is 6.06. The molecule has 1 aromatic rings. The van der Waals surface area contributed by atoms with Crippen molar-refractivity contribution in [2.24, 2.45) is 5.41 Å². The van der Waals surface area contributed by atoms with Gasteiger partial charge in [0.05, 0.1) is 0 Å². The third-order valence-electron chi connectivity index (χ3n) is 4.18. The lowest BCUT2D eigenvalue weighted by atomic mass is 9.79. The minimum Gasteiger partial charge on any atom is -0.396 e. The zero-order valence-corrected chi connectivity index (χ0v) is 13.7. The van der Waals surface area contributed by atoms with Gasteiger partial charge in [0.15, 0.2) is 0 Å². The summed E-state index contributed by atoms with van der Waals surface area (Å²) in [5.41, 5.74) is 0.387. The van der Waals surface area contributed by atoms with E-state index in [9.17, 15) is 14.3 Å².